The van der Waals surface area contributed by atoms with Crippen LogP contribution in [0.4, 0.5) is 5.82 Å². The van der Waals surface area contributed by atoms with Crippen molar-refractivity contribution in [3.05, 3.63) is 84.1 Å². The Bertz CT molecular complexity index is 824. The molecule has 0 radical (unpaired) electrons. The van der Waals surface area contributed by atoms with E-state index in [0.717, 1.165) is 16.7 Å². The van der Waals surface area contributed by atoms with E-state index < -0.39 is 0 Å². The van der Waals surface area contributed by atoms with Gasteiger partial charge in [0.1, 0.15) is 0 Å². The second-order valence-corrected chi connectivity index (χ2v) is 5.57. The molecule has 2 aromatic carbocycles. The van der Waals surface area contributed by atoms with Gasteiger partial charge in [-0.05, 0) is 30.2 Å². The highest BCUT2D eigenvalue weighted by Crippen LogP contribution is 2.19. The number of benzene rings is 2. The number of nitrogen functional groups attached to an aromatic ring is 1. The molecule has 1 heterocycles. The molecule has 3 aromatic rings. The summed E-state index contributed by atoms with van der Waals surface area (Å²) in [4.78, 5) is 12.4. The molecule has 0 saturated heterocycles. The van der Waals surface area contributed by atoms with Crippen LogP contribution in [-0.4, -0.2) is 5.78 Å². The van der Waals surface area contributed by atoms with Gasteiger partial charge in [0.25, 0.3) is 5.82 Å². The van der Waals surface area contributed by atoms with Crippen molar-refractivity contribution in [2.24, 2.45) is 0 Å². The summed E-state index contributed by atoms with van der Waals surface area (Å²) in [6.45, 7) is 2.18. The van der Waals surface area contributed by atoms with E-state index in [1.807, 2.05) is 67.7 Å². The molecule has 0 amide bonds. The zero-order chi connectivity index (χ0) is 16.2. The van der Waals surface area contributed by atoms with Gasteiger partial charge in [0, 0.05) is 11.1 Å². The van der Waals surface area contributed by atoms with Gasteiger partial charge >= 0.3 is 0 Å². The number of aryl methyl sites for hydroxylation is 1. The van der Waals surface area contributed by atoms with E-state index in [1.165, 1.54) is 0 Å². The molecule has 2 N–H and O–H groups in total. The minimum Gasteiger partial charge on any atom is -0.290 e. The smallest absolute Gasteiger partial charge is 0.275 e. The van der Waals surface area contributed by atoms with E-state index in [2.05, 4.69) is 12.1 Å². The number of aromatic nitrogens is 1. The average molecular weight is 303 g/mol. The molecule has 0 bridgehead atoms. The molecular formula is C20H19N2O+. The second kappa shape index (κ2) is 6.44. The monoisotopic (exact) mass is 303 g/mol. The van der Waals surface area contributed by atoms with Crippen LogP contribution in [-0.2, 0) is 6.54 Å². The maximum Gasteiger partial charge on any atom is 0.275 e. The van der Waals surface area contributed by atoms with E-state index in [0.29, 0.717) is 11.4 Å². The van der Waals surface area contributed by atoms with Crippen LogP contribution in [0, 0.1) is 6.92 Å². The van der Waals surface area contributed by atoms with Crippen LogP contribution in [0.5, 0.6) is 0 Å². The van der Waals surface area contributed by atoms with Crippen molar-refractivity contribution in [1.29, 1.82) is 0 Å². The number of anilines is 1. The Morgan fingerprint density at radius 3 is 2.26 bits per heavy atom. The molecule has 23 heavy (non-hydrogen) atoms. The number of carbonyl (C=O) groups is 1. The summed E-state index contributed by atoms with van der Waals surface area (Å²) in [5.74, 6) is 0.675. The number of pyridine rings is 1. The quantitative estimate of drug-likeness (QED) is 0.593. The van der Waals surface area contributed by atoms with Gasteiger partial charge in [-0.15, -0.1) is 0 Å². The molecule has 0 aliphatic heterocycles. The van der Waals surface area contributed by atoms with Crippen LogP contribution in [0.15, 0.2) is 72.9 Å². The van der Waals surface area contributed by atoms with E-state index in [-0.39, 0.29) is 12.3 Å². The third-order valence-electron chi connectivity index (χ3n) is 3.95. The van der Waals surface area contributed by atoms with Gasteiger partial charge in [0.2, 0.25) is 5.78 Å². The van der Waals surface area contributed by atoms with E-state index in [9.17, 15) is 4.79 Å². The molecule has 3 nitrogen and oxygen atoms in total. The van der Waals surface area contributed by atoms with Crippen molar-refractivity contribution < 1.29 is 9.36 Å². The summed E-state index contributed by atoms with van der Waals surface area (Å²) in [6, 6.07) is 21.7. The third-order valence-corrected chi connectivity index (χ3v) is 3.95. The molecule has 114 valence electrons. The fraction of sp³-hybridized carbons (Fsp3) is 0.100. The van der Waals surface area contributed by atoms with Gasteiger partial charge in [-0.2, -0.15) is 0 Å². The number of ketones is 1. The van der Waals surface area contributed by atoms with Gasteiger partial charge in [-0.1, -0.05) is 54.6 Å². The summed E-state index contributed by atoms with van der Waals surface area (Å²) in [6.07, 6.45) is 1.83. The first kappa shape index (κ1) is 15.0. The number of nitrogens with zero attached hydrogens (tertiary/aromatic N) is 1. The summed E-state index contributed by atoms with van der Waals surface area (Å²) in [7, 11) is 0. The normalized spacial score (nSPS) is 10.5. The highest BCUT2D eigenvalue weighted by Gasteiger charge is 2.13. The van der Waals surface area contributed by atoms with Crippen molar-refractivity contribution in [3.63, 3.8) is 0 Å². The van der Waals surface area contributed by atoms with Crippen LogP contribution in [0.1, 0.15) is 15.9 Å². The predicted octanol–water partition coefficient (Wildman–Crippen LogP) is 3.41. The lowest BCUT2D eigenvalue weighted by atomic mass is 10.0. The van der Waals surface area contributed by atoms with Crippen molar-refractivity contribution in [2.75, 3.05) is 5.73 Å². The lowest BCUT2D eigenvalue weighted by Crippen LogP contribution is -2.41. The van der Waals surface area contributed by atoms with Gasteiger partial charge in [0.15, 0.2) is 6.54 Å². The fourth-order valence-electron chi connectivity index (χ4n) is 2.55. The lowest BCUT2D eigenvalue weighted by Gasteiger charge is -2.06. The van der Waals surface area contributed by atoms with Crippen molar-refractivity contribution in [1.82, 2.24) is 0 Å². The van der Waals surface area contributed by atoms with Crippen molar-refractivity contribution in [3.8, 4) is 11.1 Å². The van der Waals surface area contributed by atoms with Gasteiger partial charge in [-0.25, -0.2) is 4.57 Å². The van der Waals surface area contributed by atoms with Crippen LogP contribution in [0.25, 0.3) is 11.1 Å². The SMILES string of the molecule is Cc1ccc[n+](CC(=O)c2ccc(-c3ccccc3)cc2)c1N. The number of Topliss-reactive ketones (excluding diaryl/α,β-unsaturated/α-hetero) is 1. The summed E-state index contributed by atoms with van der Waals surface area (Å²) < 4.78 is 1.78. The molecule has 0 aliphatic carbocycles. The Kier molecular flexibility index (Phi) is 4.20. The predicted molar refractivity (Wildman–Crippen MR) is 92.0 cm³/mol. The number of nitrogens with two attached hydrogens (primary N) is 1. The first-order chi connectivity index (χ1) is 11.1. The van der Waals surface area contributed by atoms with Crippen molar-refractivity contribution in [2.45, 2.75) is 13.5 Å². The van der Waals surface area contributed by atoms with E-state index in [4.69, 9.17) is 5.73 Å². The molecule has 3 heteroatoms. The standard InChI is InChI=1S/C20H18N2O/c1-15-6-5-13-22(20(15)21)14-19(23)18-11-9-17(10-12-18)16-7-3-2-4-8-16/h2-13,21H,14H2,1H3/p+1. The highest BCUT2D eigenvalue weighted by atomic mass is 16.1. The number of carbonyl (C=O) groups excluding carboxylic acids is 1. The molecule has 0 saturated carbocycles. The van der Waals surface area contributed by atoms with Gasteiger partial charge in [-0.3, -0.25) is 10.5 Å². The number of hydrogen-bond acceptors (Lipinski definition) is 2. The molecule has 0 spiro atoms. The molecule has 0 atom stereocenters. The van der Waals surface area contributed by atoms with Crippen LogP contribution >= 0.6 is 0 Å². The van der Waals surface area contributed by atoms with Gasteiger partial charge < -0.3 is 0 Å². The largest absolute Gasteiger partial charge is 0.290 e. The Morgan fingerprint density at radius 2 is 1.57 bits per heavy atom. The fourth-order valence-corrected chi connectivity index (χ4v) is 2.55. The Hall–Kier alpha value is -2.94. The molecule has 0 aliphatic rings. The summed E-state index contributed by atoms with van der Waals surface area (Å²) in [5, 5.41) is 0. The highest BCUT2D eigenvalue weighted by molar-refractivity contribution is 5.95. The van der Waals surface area contributed by atoms with Crippen LogP contribution < -0.4 is 10.3 Å². The average Bonchev–Trinajstić information content (AvgIpc) is 2.60. The number of hydrogen-bond donors (Lipinski definition) is 1. The van der Waals surface area contributed by atoms with E-state index in [1.54, 1.807) is 4.57 Å². The van der Waals surface area contributed by atoms with Crippen molar-refractivity contribution >= 4 is 11.6 Å². The first-order valence-corrected chi connectivity index (χ1v) is 7.58. The Balaban J connectivity index is 1.79. The minimum atomic E-state index is 0.0481. The lowest BCUT2D eigenvalue weighted by molar-refractivity contribution is -0.669. The van der Waals surface area contributed by atoms with Crippen LogP contribution in [0.3, 0.4) is 0 Å². The molecule has 0 fully saturated rings. The summed E-state index contributed by atoms with van der Waals surface area (Å²) >= 11 is 0. The molecular weight excluding hydrogens is 284 g/mol. The van der Waals surface area contributed by atoms with Gasteiger partial charge in [0.05, 0.1) is 6.20 Å². The topological polar surface area (TPSA) is 47.0 Å². The third kappa shape index (κ3) is 3.29. The molecule has 0 unspecified atom stereocenters. The Morgan fingerprint density at radius 1 is 0.913 bits per heavy atom. The maximum absolute atomic E-state index is 12.4. The zero-order valence-electron chi connectivity index (χ0n) is 13.1. The minimum absolute atomic E-state index is 0.0481. The molecule has 3 rings (SSSR count). The molecule has 1 aromatic heterocycles. The number of rotatable bonds is 4. The maximum atomic E-state index is 12.4. The first-order valence-electron chi connectivity index (χ1n) is 7.58. The summed E-state index contributed by atoms with van der Waals surface area (Å²) in [5.41, 5.74) is 9.93. The zero-order valence-corrected chi connectivity index (χ0v) is 13.1. The second-order valence-electron chi connectivity index (χ2n) is 5.57. The van der Waals surface area contributed by atoms with E-state index >= 15 is 0 Å². The Labute approximate surface area is 136 Å². The van der Waals surface area contributed by atoms with Crippen LogP contribution in [0.2, 0.25) is 0 Å².